The van der Waals surface area contributed by atoms with Gasteiger partial charge in [0.2, 0.25) is 0 Å². The maximum Gasteiger partial charge on any atom is 0.261 e. The number of aliphatic hydroxyl groups is 1. The maximum absolute atomic E-state index is 12.9. The van der Waals surface area contributed by atoms with Gasteiger partial charge in [0.25, 0.3) is 5.91 Å². The lowest BCUT2D eigenvalue weighted by Crippen LogP contribution is -2.77. The third-order valence-corrected chi connectivity index (χ3v) is 7.41. The summed E-state index contributed by atoms with van der Waals surface area (Å²) in [5, 5.41) is 19.0. The van der Waals surface area contributed by atoms with E-state index in [1.54, 1.807) is 18.2 Å². The van der Waals surface area contributed by atoms with Gasteiger partial charge in [0.1, 0.15) is 17.2 Å². The van der Waals surface area contributed by atoms with Crippen LogP contribution in [0.5, 0.6) is 5.75 Å². The zero-order chi connectivity index (χ0) is 22.1. The lowest BCUT2D eigenvalue weighted by molar-refractivity contribution is -0.149. The number of carbonyl (C=O) groups is 1. The van der Waals surface area contributed by atoms with Crippen LogP contribution in [0.15, 0.2) is 53.1 Å². The summed E-state index contributed by atoms with van der Waals surface area (Å²) in [5.41, 5.74) is 2.05. The molecule has 0 saturated heterocycles. The third kappa shape index (κ3) is 3.12. The van der Waals surface area contributed by atoms with E-state index >= 15 is 0 Å². The van der Waals surface area contributed by atoms with E-state index in [0.29, 0.717) is 21.4 Å². The van der Waals surface area contributed by atoms with Gasteiger partial charge in [-0.05, 0) is 49.6 Å². The number of nitrogens with zero attached hydrogens (tertiary/aromatic N) is 1. The molecule has 1 amide bonds. The highest BCUT2D eigenvalue weighted by molar-refractivity contribution is 6.31. The van der Waals surface area contributed by atoms with Crippen LogP contribution in [0, 0.1) is 0 Å². The number of aromatic nitrogens is 1. The van der Waals surface area contributed by atoms with Crippen LogP contribution >= 0.6 is 23.2 Å². The van der Waals surface area contributed by atoms with Gasteiger partial charge in [0.15, 0.2) is 6.10 Å². The van der Waals surface area contributed by atoms with Crippen LogP contribution in [0.25, 0.3) is 11.3 Å². The molecule has 4 aliphatic rings. The SMILES string of the molecule is O=C(NC12CC(c3cc(-c4ccc(Cl)cc4)no3)(C1)C2)[C@H]1C[C@@H](O)c2cc(Cl)ccc2O1. The fraction of sp³-hybridized carbons (Fsp3) is 0.333. The van der Waals surface area contributed by atoms with E-state index in [4.69, 9.17) is 32.5 Å². The largest absolute Gasteiger partial charge is 0.480 e. The Bertz CT molecular complexity index is 1200. The molecule has 2 N–H and O–H groups in total. The van der Waals surface area contributed by atoms with Gasteiger partial charge >= 0.3 is 0 Å². The number of benzene rings is 2. The number of ether oxygens (including phenoxy) is 1. The van der Waals surface area contributed by atoms with Crippen molar-refractivity contribution in [3.05, 3.63) is 69.9 Å². The van der Waals surface area contributed by atoms with Crippen molar-refractivity contribution in [2.45, 2.75) is 48.8 Å². The smallest absolute Gasteiger partial charge is 0.261 e. The monoisotopic (exact) mass is 470 g/mol. The van der Waals surface area contributed by atoms with Gasteiger partial charge in [-0.2, -0.15) is 0 Å². The lowest BCUT2D eigenvalue weighted by Gasteiger charge is -2.69. The first-order valence-corrected chi connectivity index (χ1v) is 11.3. The predicted octanol–water partition coefficient (Wildman–Crippen LogP) is 4.82. The number of carbonyl (C=O) groups excluding carboxylic acids is 1. The van der Waals surface area contributed by atoms with Crippen molar-refractivity contribution in [1.82, 2.24) is 10.5 Å². The van der Waals surface area contributed by atoms with E-state index in [1.165, 1.54) is 0 Å². The Hall–Kier alpha value is -2.54. The van der Waals surface area contributed by atoms with E-state index in [2.05, 4.69) is 10.5 Å². The van der Waals surface area contributed by atoms with Crippen molar-refractivity contribution in [1.29, 1.82) is 0 Å². The Morgan fingerprint density at radius 2 is 1.78 bits per heavy atom. The van der Waals surface area contributed by atoms with Gasteiger partial charge in [0, 0.05) is 44.6 Å². The Balaban J connectivity index is 1.10. The molecule has 1 aliphatic heterocycles. The summed E-state index contributed by atoms with van der Waals surface area (Å²) in [6.45, 7) is 0. The van der Waals surface area contributed by atoms with Crippen molar-refractivity contribution >= 4 is 29.1 Å². The lowest BCUT2D eigenvalue weighted by atomic mass is 9.38. The summed E-state index contributed by atoms with van der Waals surface area (Å²) < 4.78 is 11.5. The summed E-state index contributed by atoms with van der Waals surface area (Å²) >= 11 is 12.0. The second-order valence-corrected chi connectivity index (χ2v) is 10.1. The summed E-state index contributed by atoms with van der Waals surface area (Å²) in [7, 11) is 0. The van der Waals surface area contributed by atoms with E-state index in [1.807, 2.05) is 30.3 Å². The van der Waals surface area contributed by atoms with Crippen LogP contribution < -0.4 is 10.1 Å². The van der Waals surface area contributed by atoms with Gasteiger partial charge in [-0.3, -0.25) is 4.79 Å². The standard InChI is InChI=1S/C24H20Cl2N2O4/c25-14-3-1-13(2-4-14)17-8-21(32-28-17)23-10-24(11-23,12-23)27-22(30)20-9-18(29)16-7-15(26)5-6-19(16)31-20/h1-8,18,20,29H,9-12H2,(H,27,30)/t18-,20-,23?,24?/m1/s1. The minimum atomic E-state index is -0.784. The molecule has 0 unspecified atom stereocenters. The van der Waals surface area contributed by atoms with Crippen LogP contribution in [0.2, 0.25) is 10.0 Å². The number of amides is 1. The molecule has 2 atom stereocenters. The van der Waals surface area contributed by atoms with Crippen LogP contribution in [-0.4, -0.2) is 27.8 Å². The van der Waals surface area contributed by atoms with Gasteiger partial charge < -0.3 is 19.7 Å². The van der Waals surface area contributed by atoms with Crippen LogP contribution in [-0.2, 0) is 10.2 Å². The first-order valence-electron chi connectivity index (χ1n) is 10.5. The molecule has 164 valence electrons. The molecular formula is C24H20Cl2N2O4. The molecule has 2 heterocycles. The first-order chi connectivity index (χ1) is 15.3. The average molecular weight is 471 g/mol. The van der Waals surface area contributed by atoms with Gasteiger partial charge in [-0.1, -0.05) is 40.5 Å². The van der Waals surface area contributed by atoms with Crippen molar-refractivity contribution in [2.75, 3.05) is 0 Å². The number of hydrogen-bond donors (Lipinski definition) is 2. The third-order valence-electron chi connectivity index (χ3n) is 6.92. The maximum atomic E-state index is 12.9. The molecule has 3 aliphatic carbocycles. The van der Waals surface area contributed by atoms with E-state index in [0.717, 1.165) is 36.3 Å². The molecule has 8 heteroatoms. The fourth-order valence-electron chi connectivity index (χ4n) is 5.38. The van der Waals surface area contributed by atoms with E-state index in [-0.39, 0.29) is 23.3 Å². The van der Waals surface area contributed by atoms with Crippen molar-refractivity contribution in [3.63, 3.8) is 0 Å². The summed E-state index contributed by atoms with van der Waals surface area (Å²) in [5.74, 6) is 1.16. The Labute approximate surface area is 194 Å². The summed E-state index contributed by atoms with van der Waals surface area (Å²) in [6.07, 6.45) is 1.11. The topological polar surface area (TPSA) is 84.6 Å². The second-order valence-electron chi connectivity index (χ2n) is 9.20. The quantitative estimate of drug-likeness (QED) is 0.570. The Morgan fingerprint density at radius 1 is 1.06 bits per heavy atom. The van der Waals surface area contributed by atoms with Crippen molar-refractivity contribution < 1.29 is 19.2 Å². The minimum absolute atomic E-state index is 0.0682. The van der Waals surface area contributed by atoms with Gasteiger partial charge in [0.05, 0.1) is 6.10 Å². The average Bonchev–Trinajstić information content (AvgIpc) is 3.20. The van der Waals surface area contributed by atoms with Crippen molar-refractivity contribution in [3.8, 4) is 17.0 Å². The van der Waals surface area contributed by atoms with Crippen molar-refractivity contribution in [2.24, 2.45) is 0 Å². The normalized spacial score (nSPS) is 29.8. The number of halogens is 2. The zero-order valence-electron chi connectivity index (χ0n) is 17.0. The molecule has 2 aromatic carbocycles. The highest BCUT2D eigenvalue weighted by atomic mass is 35.5. The zero-order valence-corrected chi connectivity index (χ0v) is 18.5. The molecule has 7 rings (SSSR count). The second kappa shape index (κ2) is 6.98. The molecule has 6 nitrogen and oxygen atoms in total. The fourth-order valence-corrected chi connectivity index (χ4v) is 5.69. The molecule has 3 fully saturated rings. The first kappa shape index (κ1) is 20.1. The summed E-state index contributed by atoms with van der Waals surface area (Å²) in [6, 6.07) is 14.5. The molecule has 3 aromatic rings. The van der Waals surface area contributed by atoms with E-state index in [9.17, 15) is 9.90 Å². The Kier molecular flexibility index (Phi) is 4.38. The molecule has 0 spiro atoms. The number of aliphatic hydroxyl groups excluding tert-OH is 1. The summed E-state index contributed by atoms with van der Waals surface area (Å²) in [4.78, 5) is 12.9. The minimum Gasteiger partial charge on any atom is -0.480 e. The predicted molar refractivity (Wildman–Crippen MR) is 119 cm³/mol. The highest BCUT2D eigenvalue weighted by Gasteiger charge is 2.71. The molecule has 0 radical (unpaired) electrons. The molecule has 32 heavy (non-hydrogen) atoms. The Morgan fingerprint density at radius 3 is 2.53 bits per heavy atom. The van der Waals surface area contributed by atoms with Crippen LogP contribution in [0.1, 0.15) is 43.1 Å². The highest BCUT2D eigenvalue weighted by Crippen LogP contribution is 2.68. The van der Waals surface area contributed by atoms with Gasteiger partial charge in [-0.15, -0.1) is 0 Å². The number of nitrogens with one attached hydrogen (secondary N) is 1. The number of hydrogen-bond acceptors (Lipinski definition) is 5. The molecular weight excluding hydrogens is 451 g/mol. The van der Waals surface area contributed by atoms with Gasteiger partial charge in [-0.25, -0.2) is 0 Å². The molecule has 2 bridgehead atoms. The van der Waals surface area contributed by atoms with E-state index < -0.39 is 12.2 Å². The molecule has 1 aromatic heterocycles. The van der Waals surface area contributed by atoms with Crippen LogP contribution in [0.3, 0.4) is 0 Å². The number of fused-ring (bicyclic) bond motifs is 1. The molecule has 3 saturated carbocycles. The number of rotatable bonds is 4. The van der Waals surface area contributed by atoms with Crippen LogP contribution in [0.4, 0.5) is 0 Å².